The number of allylic oxidation sites excluding steroid dienone is 1. The number of nitrogens with one attached hydrogen (secondary N) is 1. The van der Waals surface area contributed by atoms with Gasteiger partial charge in [-0.25, -0.2) is 4.98 Å². The van der Waals surface area contributed by atoms with E-state index in [1.165, 1.54) is 31.4 Å². The predicted octanol–water partition coefficient (Wildman–Crippen LogP) is 11.9. The maximum atomic E-state index is 14.6. The molecule has 5 aromatic rings. The number of carbonyl (C=O) groups is 3. The van der Waals surface area contributed by atoms with Gasteiger partial charge in [0.1, 0.15) is 28.8 Å². The lowest BCUT2D eigenvalue weighted by Crippen LogP contribution is -2.42. The summed E-state index contributed by atoms with van der Waals surface area (Å²) in [7, 11) is 1.49. The summed E-state index contributed by atoms with van der Waals surface area (Å²) < 4.78 is 11.7. The predicted molar refractivity (Wildman–Crippen MR) is 247 cm³/mol. The van der Waals surface area contributed by atoms with Gasteiger partial charge in [-0.2, -0.15) is 5.26 Å². The largest absolute Gasteiger partial charge is 0.497 e. The number of anilines is 2. The Morgan fingerprint density at radius 1 is 1.02 bits per heavy atom. The molecule has 1 N–H and O–H groups in total. The minimum absolute atomic E-state index is 0.0270. The SMILES string of the molecule is CCC(C)(C)c1cc(C(C)(C)CC)c2oc(/C(C#N)=C/c3ccc(N(C(=O)CC(C(=O)Nc4cc([N+](=O)[O-])ccc4Cl)C(=O)c4ccc(OC)cc4)C4CCCC4)cc3C)nc2c1. The van der Waals surface area contributed by atoms with Crippen LogP contribution in [0, 0.1) is 34.3 Å². The van der Waals surface area contributed by atoms with Crippen LogP contribution >= 0.6 is 11.6 Å². The van der Waals surface area contributed by atoms with Crippen molar-refractivity contribution in [2.75, 3.05) is 17.3 Å². The molecule has 0 radical (unpaired) electrons. The summed E-state index contributed by atoms with van der Waals surface area (Å²) in [6.07, 6.45) is 6.31. The number of aryl methyl sites for hydroxylation is 1. The zero-order chi connectivity index (χ0) is 45.8. The molecule has 328 valence electrons. The number of carbonyl (C=O) groups excluding carboxylic acids is 3. The highest BCUT2D eigenvalue weighted by molar-refractivity contribution is 6.34. The molecule has 1 unspecified atom stereocenters. The normalized spacial score (nSPS) is 14.0. The number of benzene rings is 4. The van der Waals surface area contributed by atoms with Crippen LogP contribution in [0.25, 0.3) is 22.7 Å². The van der Waals surface area contributed by atoms with E-state index in [-0.39, 0.29) is 50.3 Å². The Morgan fingerprint density at radius 2 is 1.70 bits per heavy atom. The molecule has 0 spiro atoms. The van der Waals surface area contributed by atoms with Crippen molar-refractivity contribution < 1.29 is 28.5 Å². The summed E-state index contributed by atoms with van der Waals surface area (Å²) >= 11 is 6.34. The number of aromatic nitrogens is 1. The van der Waals surface area contributed by atoms with Gasteiger partial charge in [0.05, 0.1) is 22.7 Å². The number of fused-ring (bicyclic) bond motifs is 1. The van der Waals surface area contributed by atoms with Crippen molar-refractivity contribution in [3.8, 4) is 11.8 Å². The van der Waals surface area contributed by atoms with Crippen LogP contribution in [0.3, 0.4) is 0 Å². The number of nitro groups is 1. The number of Topliss-reactive ketones (excluding diaryl/α,β-unsaturated/α-hetero) is 1. The number of hydrogen-bond acceptors (Lipinski definition) is 9. The number of amides is 2. The van der Waals surface area contributed by atoms with Crippen molar-refractivity contribution in [3.63, 3.8) is 0 Å². The van der Waals surface area contributed by atoms with Gasteiger partial charge in [-0.05, 0) is 115 Å². The highest BCUT2D eigenvalue weighted by Gasteiger charge is 2.36. The number of nitro benzene ring substituents is 1. The van der Waals surface area contributed by atoms with Crippen molar-refractivity contribution in [3.05, 3.63) is 122 Å². The topological polar surface area (TPSA) is 169 Å². The van der Waals surface area contributed by atoms with Crippen LogP contribution in [0.5, 0.6) is 5.75 Å². The minimum Gasteiger partial charge on any atom is -0.497 e. The molecule has 1 heterocycles. The zero-order valence-electron chi connectivity index (χ0n) is 37.1. The summed E-state index contributed by atoms with van der Waals surface area (Å²) in [5, 5.41) is 24.6. The molecule has 1 atom stereocenters. The molecule has 13 heteroatoms. The van der Waals surface area contributed by atoms with Crippen molar-refractivity contribution >= 4 is 69.0 Å². The van der Waals surface area contributed by atoms with Gasteiger partial charge in [0, 0.05) is 41.4 Å². The average molecular weight is 872 g/mol. The van der Waals surface area contributed by atoms with Crippen LogP contribution in [0.15, 0.2) is 77.2 Å². The molecule has 1 aliphatic rings. The van der Waals surface area contributed by atoms with Crippen LogP contribution in [-0.2, 0) is 20.4 Å². The van der Waals surface area contributed by atoms with Crippen molar-refractivity contribution in [1.82, 2.24) is 4.98 Å². The Balaban J connectivity index is 1.35. The van der Waals surface area contributed by atoms with E-state index in [4.69, 9.17) is 25.7 Å². The van der Waals surface area contributed by atoms with Crippen LogP contribution in [-0.4, -0.2) is 40.7 Å². The molecule has 0 aliphatic heterocycles. The molecule has 4 aromatic carbocycles. The van der Waals surface area contributed by atoms with Gasteiger partial charge in [0.25, 0.3) is 5.69 Å². The lowest BCUT2D eigenvalue weighted by atomic mass is 9.76. The van der Waals surface area contributed by atoms with E-state index in [0.29, 0.717) is 22.5 Å². The van der Waals surface area contributed by atoms with Gasteiger partial charge in [-0.3, -0.25) is 24.5 Å². The Kier molecular flexibility index (Phi) is 13.9. The summed E-state index contributed by atoms with van der Waals surface area (Å²) in [4.78, 5) is 60.3. The molecule has 1 fully saturated rings. The number of rotatable bonds is 16. The van der Waals surface area contributed by atoms with Gasteiger partial charge in [-0.15, -0.1) is 0 Å². The standard InChI is InChI=1S/C50H54ClN5O7/c1-9-49(4,5)34-25-40(50(6,7)10-2)46-43(26-34)54-48(63-46)33(29-52)24-32-15-18-36(23-30(32)3)55(35-13-11-12-14-35)44(57)28-39(45(58)31-16-20-38(62-8)21-17-31)47(59)53-42-27-37(56(60)61)19-22-41(42)51/h15-27,35,39H,9-14,28H2,1-8H3,(H,53,59)/b33-24+. The number of methoxy groups -OCH3 is 1. The van der Waals surface area contributed by atoms with E-state index in [1.807, 2.05) is 19.1 Å². The number of nitriles is 1. The van der Waals surface area contributed by atoms with Crippen molar-refractivity contribution in [1.29, 1.82) is 5.26 Å². The van der Waals surface area contributed by atoms with E-state index in [0.717, 1.165) is 66.8 Å². The van der Waals surface area contributed by atoms with E-state index in [9.17, 15) is 29.8 Å². The monoisotopic (exact) mass is 871 g/mol. The second kappa shape index (κ2) is 19.0. The number of non-ortho nitro benzene ring substituents is 1. The van der Waals surface area contributed by atoms with Crippen molar-refractivity contribution in [2.45, 2.75) is 110 Å². The third-order valence-electron chi connectivity index (χ3n) is 12.7. The third-order valence-corrected chi connectivity index (χ3v) is 13.0. The Bertz CT molecular complexity index is 2630. The first kappa shape index (κ1) is 46.2. The second-order valence-electron chi connectivity index (χ2n) is 17.5. The van der Waals surface area contributed by atoms with Crippen LogP contribution in [0.4, 0.5) is 17.1 Å². The first-order chi connectivity index (χ1) is 29.9. The average Bonchev–Trinajstić information content (AvgIpc) is 3.96. The molecule has 1 saturated carbocycles. The molecular weight excluding hydrogens is 818 g/mol. The fraction of sp³-hybridized carbons (Fsp3) is 0.380. The molecule has 63 heavy (non-hydrogen) atoms. The highest BCUT2D eigenvalue weighted by atomic mass is 35.5. The van der Waals surface area contributed by atoms with Gasteiger partial charge in [-0.1, -0.05) is 78.1 Å². The highest BCUT2D eigenvalue weighted by Crippen LogP contribution is 2.40. The number of oxazole rings is 1. The number of ketones is 1. The smallest absolute Gasteiger partial charge is 0.271 e. The molecule has 2 amide bonds. The zero-order valence-corrected chi connectivity index (χ0v) is 37.9. The van der Waals surface area contributed by atoms with Gasteiger partial charge in [0.2, 0.25) is 17.7 Å². The summed E-state index contributed by atoms with van der Waals surface area (Å²) in [6, 6.07) is 21.7. The first-order valence-corrected chi connectivity index (χ1v) is 21.7. The fourth-order valence-corrected chi connectivity index (χ4v) is 8.07. The van der Waals surface area contributed by atoms with E-state index < -0.39 is 34.9 Å². The number of nitrogens with zero attached hydrogens (tertiary/aromatic N) is 4. The van der Waals surface area contributed by atoms with Crippen molar-refractivity contribution in [2.24, 2.45) is 5.92 Å². The summed E-state index contributed by atoms with van der Waals surface area (Å²) in [5.41, 5.74) is 5.41. The molecule has 6 rings (SSSR count). The molecule has 1 aromatic heterocycles. The van der Waals surface area contributed by atoms with Crippen LogP contribution < -0.4 is 15.0 Å². The van der Waals surface area contributed by atoms with Crippen LogP contribution in [0.2, 0.25) is 5.02 Å². The fourth-order valence-electron chi connectivity index (χ4n) is 7.90. The maximum Gasteiger partial charge on any atom is 0.271 e. The maximum absolute atomic E-state index is 14.6. The molecular formula is C50H54ClN5O7. The second-order valence-corrected chi connectivity index (χ2v) is 17.9. The summed E-state index contributed by atoms with van der Waals surface area (Å²) in [6.45, 7) is 15.0. The molecule has 1 aliphatic carbocycles. The Labute approximate surface area is 373 Å². The Morgan fingerprint density at radius 3 is 2.30 bits per heavy atom. The van der Waals surface area contributed by atoms with E-state index in [2.05, 4.69) is 65.1 Å². The van der Waals surface area contributed by atoms with E-state index in [1.54, 1.807) is 29.2 Å². The minimum atomic E-state index is -1.52. The molecule has 12 nitrogen and oxygen atoms in total. The molecule has 0 bridgehead atoms. The summed E-state index contributed by atoms with van der Waals surface area (Å²) in [5.74, 6) is -2.71. The Hall–Kier alpha value is -6.32. The van der Waals surface area contributed by atoms with Gasteiger partial charge in [0.15, 0.2) is 11.4 Å². The number of ether oxygens (including phenoxy) is 1. The molecule has 0 saturated heterocycles. The number of hydrogen-bond donors (Lipinski definition) is 1. The van der Waals surface area contributed by atoms with Gasteiger partial charge >= 0.3 is 0 Å². The first-order valence-electron chi connectivity index (χ1n) is 21.3. The number of halogens is 1. The van der Waals surface area contributed by atoms with Gasteiger partial charge < -0.3 is 19.4 Å². The third kappa shape index (κ3) is 10.00. The lowest BCUT2D eigenvalue weighted by molar-refractivity contribution is -0.384. The van der Waals surface area contributed by atoms with E-state index >= 15 is 0 Å². The lowest BCUT2D eigenvalue weighted by Gasteiger charge is -2.31. The quantitative estimate of drug-likeness (QED) is 0.0333. The van der Waals surface area contributed by atoms with Crippen LogP contribution in [0.1, 0.15) is 125 Å².